The number of aryl methyl sites for hydroxylation is 1. The Kier molecular flexibility index (Phi) is 4.64. The van der Waals surface area contributed by atoms with Crippen LogP contribution in [0.1, 0.15) is 18.6 Å². The number of likely N-dealkylation sites (tertiary alicyclic amines) is 1. The highest BCUT2D eigenvalue weighted by atomic mass is 19.1. The van der Waals surface area contributed by atoms with Crippen LogP contribution < -0.4 is 5.73 Å². The summed E-state index contributed by atoms with van der Waals surface area (Å²) in [4.78, 5) is 25.0. The molecule has 1 aliphatic rings. The minimum atomic E-state index is -0.356. The van der Waals surface area contributed by atoms with Gasteiger partial charge in [-0.2, -0.15) is 0 Å². The molecule has 1 aromatic heterocycles. The Morgan fingerprint density at radius 2 is 2.04 bits per heavy atom. The number of carbonyl (C=O) groups is 2. The predicted molar refractivity (Wildman–Crippen MR) is 86.3 cm³/mol. The van der Waals surface area contributed by atoms with Crippen LogP contribution in [0.2, 0.25) is 0 Å². The van der Waals surface area contributed by atoms with Gasteiger partial charge in [-0.25, -0.2) is 4.39 Å². The molecule has 2 heterocycles. The summed E-state index contributed by atoms with van der Waals surface area (Å²) in [5.41, 5.74) is 5.67. The van der Waals surface area contributed by atoms with Gasteiger partial charge in [0, 0.05) is 25.9 Å². The van der Waals surface area contributed by atoms with Crippen LogP contribution >= 0.6 is 0 Å². The quantitative estimate of drug-likeness (QED) is 0.914. The Labute approximate surface area is 139 Å². The van der Waals surface area contributed by atoms with E-state index in [1.807, 2.05) is 0 Å². The number of hydrogen-bond acceptors (Lipinski definition) is 3. The number of nitrogens with zero attached hydrogens (tertiary/aromatic N) is 1. The Hall–Kier alpha value is -2.63. The average Bonchev–Trinajstić information content (AvgIpc) is 3.22. The molecule has 0 bridgehead atoms. The van der Waals surface area contributed by atoms with E-state index in [-0.39, 0.29) is 30.0 Å². The van der Waals surface area contributed by atoms with Crippen LogP contribution in [0.3, 0.4) is 0 Å². The van der Waals surface area contributed by atoms with Crippen molar-refractivity contribution in [1.29, 1.82) is 0 Å². The number of furan rings is 1. The third-order valence-electron chi connectivity index (χ3n) is 4.33. The topological polar surface area (TPSA) is 76.5 Å². The van der Waals surface area contributed by atoms with E-state index in [0.717, 1.165) is 0 Å². The number of benzene rings is 1. The maximum Gasteiger partial charge on any atom is 0.223 e. The van der Waals surface area contributed by atoms with Crippen LogP contribution in [0.25, 0.3) is 11.3 Å². The van der Waals surface area contributed by atoms with Gasteiger partial charge in [0.25, 0.3) is 0 Å². The van der Waals surface area contributed by atoms with E-state index >= 15 is 0 Å². The second-order valence-corrected chi connectivity index (χ2v) is 5.97. The fourth-order valence-corrected chi connectivity index (χ4v) is 2.93. The molecular weight excluding hydrogens is 311 g/mol. The molecule has 1 unspecified atom stereocenters. The summed E-state index contributed by atoms with van der Waals surface area (Å²) >= 11 is 0. The van der Waals surface area contributed by atoms with Crippen molar-refractivity contribution in [2.75, 3.05) is 13.1 Å². The van der Waals surface area contributed by atoms with Gasteiger partial charge in [-0.05, 0) is 30.7 Å². The summed E-state index contributed by atoms with van der Waals surface area (Å²) in [6.45, 7) is 0.956. The maximum absolute atomic E-state index is 13.7. The second kappa shape index (κ2) is 6.86. The molecule has 126 valence electrons. The van der Waals surface area contributed by atoms with E-state index in [1.54, 1.807) is 35.2 Å². The highest BCUT2D eigenvalue weighted by Crippen LogP contribution is 2.25. The molecule has 2 N–H and O–H groups in total. The lowest BCUT2D eigenvalue weighted by Crippen LogP contribution is -2.31. The van der Waals surface area contributed by atoms with Gasteiger partial charge in [0.2, 0.25) is 11.8 Å². The molecule has 1 fully saturated rings. The number of hydrogen-bond donors (Lipinski definition) is 1. The van der Waals surface area contributed by atoms with E-state index in [1.165, 1.54) is 6.07 Å². The first kappa shape index (κ1) is 16.2. The molecule has 24 heavy (non-hydrogen) atoms. The van der Waals surface area contributed by atoms with Crippen LogP contribution in [-0.2, 0) is 16.0 Å². The maximum atomic E-state index is 13.7. The van der Waals surface area contributed by atoms with Crippen molar-refractivity contribution in [3.8, 4) is 11.3 Å². The van der Waals surface area contributed by atoms with Gasteiger partial charge in [-0.3, -0.25) is 9.59 Å². The number of primary amides is 1. The van der Waals surface area contributed by atoms with E-state index in [0.29, 0.717) is 43.0 Å². The number of nitrogens with two attached hydrogens (primary N) is 1. The van der Waals surface area contributed by atoms with Crippen molar-refractivity contribution in [2.24, 2.45) is 11.7 Å². The molecule has 2 amide bonds. The number of amides is 2. The summed E-state index contributed by atoms with van der Waals surface area (Å²) in [5, 5.41) is 0. The summed E-state index contributed by atoms with van der Waals surface area (Å²) in [6, 6.07) is 9.85. The van der Waals surface area contributed by atoms with E-state index < -0.39 is 0 Å². The van der Waals surface area contributed by atoms with Crippen LogP contribution in [0.5, 0.6) is 0 Å². The van der Waals surface area contributed by atoms with E-state index in [2.05, 4.69) is 0 Å². The predicted octanol–water partition coefficient (Wildman–Crippen LogP) is 2.35. The minimum Gasteiger partial charge on any atom is -0.461 e. The molecule has 0 saturated carbocycles. The monoisotopic (exact) mass is 330 g/mol. The molecule has 3 rings (SSSR count). The van der Waals surface area contributed by atoms with Crippen molar-refractivity contribution in [2.45, 2.75) is 19.3 Å². The number of rotatable bonds is 5. The van der Waals surface area contributed by atoms with Crippen molar-refractivity contribution < 1.29 is 18.4 Å². The molecule has 1 atom stereocenters. The Morgan fingerprint density at radius 1 is 1.25 bits per heavy atom. The summed E-state index contributed by atoms with van der Waals surface area (Å²) in [6.07, 6.45) is 1.35. The molecule has 6 heteroatoms. The molecule has 5 nitrogen and oxygen atoms in total. The third kappa shape index (κ3) is 3.48. The van der Waals surface area contributed by atoms with Crippen molar-refractivity contribution >= 4 is 11.8 Å². The lowest BCUT2D eigenvalue weighted by molar-refractivity contribution is -0.130. The Bertz CT molecular complexity index is 756. The van der Waals surface area contributed by atoms with Crippen LogP contribution in [0, 0.1) is 11.7 Å². The van der Waals surface area contributed by atoms with Crippen LogP contribution in [0.15, 0.2) is 40.8 Å². The molecule has 1 aromatic carbocycles. The van der Waals surface area contributed by atoms with E-state index in [9.17, 15) is 14.0 Å². The summed E-state index contributed by atoms with van der Waals surface area (Å²) < 4.78 is 19.4. The minimum absolute atomic E-state index is 0.0254. The zero-order valence-electron chi connectivity index (χ0n) is 13.2. The molecule has 0 spiro atoms. The molecule has 0 radical (unpaired) electrons. The fraction of sp³-hybridized carbons (Fsp3) is 0.333. The average molecular weight is 330 g/mol. The lowest BCUT2D eigenvalue weighted by Gasteiger charge is -2.15. The SMILES string of the molecule is NC(=O)C1CCN(C(=O)CCc2ccc(-c3ccccc3F)o2)C1. The van der Waals surface area contributed by atoms with Gasteiger partial charge in [0.15, 0.2) is 0 Å². The zero-order valence-corrected chi connectivity index (χ0v) is 13.2. The first-order chi connectivity index (χ1) is 11.5. The Morgan fingerprint density at radius 3 is 2.75 bits per heavy atom. The second-order valence-electron chi connectivity index (χ2n) is 5.97. The molecular formula is C18H19FN2O3. The molecule has 1 saturated heterocycles. The van der Waals surface area contributed by atoms with Gasteiger partial charge < -0.3 is 15.1 Å². The van der Waals surface area contributed by atoms with Gasteiger partial charge in [0.05, 0.1) is 11.5 Å². The molecule has 2 aromatic rings. The number of carbonyl (C=O) groups excluding carboxylic acids is 2. The molecule has 1 aliphatic heterocycles. The number of halogens is 1. The van der Waals surface area contributed by atoms with Crippen LogP contribution in [0.4, 0.5) is 4.39 Å². The first-order valence-electron chi connectivity index (χ1n) is 7.95. The van der Waals surface area contributed by atoms with Crippen molar-refractivity contribution in [1.82, 2.24) is 4.90 Å². The first-order valence-corrected chi connectivity index (χ1v) is 7.95. The van der Waals surface area contributed by atoms with Crippen molar-refractivity contribution in [3.63, 3.8) is 0 Å². The largest absolute Gasteiger partial charge is 0.461 e. The highest BCUT2D eigenvalue weighted by Gasteiger charge is 2.29. The van der Waals surface area contributed by atoms with Gasteiger partial charge in [-0.1, -0.05) is 12.1 Å². The van der Waals surface area contributed by atoms with Gasteiger partial charge in [0.1, 0.15) is 17.3 Å². The lowest BCUT2D eigenvalue weighted by atomic mass is 10.1. The van der Waals surface area contributed by atoms with E-state index in [4.69, 9.17) is 10.2 Å². The fourth-order valence-electron chi connectivity index (χ4n) is 2.93. The molecule has 0 aliphatic carbocycles. The standard InChI is InChI=1S/C18H19FN2O3/c19-15-4-2-1-3-14(15)16-7-5-13(24-16)6-8-17(22)21-10-9-12(11-21)18(20)23/h1-5,7,12H,6,8-11H2,(H2,20,23). The zero-order chi connectivity index (χ0) is 17.1. The Balaban J connectivity index is 1.57. The van der Waals surface area contributed by atoms with Gasteiger partial charge >= 0.3 is 0 Å². The van der Waals surface area contributed by atoms with Crippen molar-refractivity contribution in [3.05, 3.63) is 48.0 Å². The summed E-state index contributed by atoms with van der Waals surface area (Å²) in [7, 11) is 0. The van der Waals surface area contributed by atoms with Crippen LogP contribution in [-0.4, -0.2) is 29.8 Å². The third-order valence-corrected chi connectivity index (χ3v) is 4.33. The normalized spacial score (nSPS) is 17.2. The summed E-state index contributed by atoms with van der Waals surface area (Å²) in [5.74, 6) is 0.112. The smallest absolute Gasteiger partial charge is 0.223 e. The van der Waals surface area contributed by atoms with Gasteiger partial charge in [-0.15, -0.1) is 0 Å². The highest BCUT2D eigenvalue weighted by molar-refractivity contribution is 5.81.